The van der Waals surface area contributed by atoms with E-state index < -0.39 is 70.4 Å². The van der Waals surface area contributed by atoms with Gasteiger partial charge in [-0.05, 0) is 12.1 Å². The Balaban J connectivity index is 3.54. The lowest BCUT2D eigenvalue weighted by Gasteiger charge is -2.19. The van der Waals surface area contributed by atoms with E-state index in [9.17, 15) is 33.9 Å². The third-order valence-electron chi connectivity index (χ3n) is 4.14. The van der Waals surface area contributed by atoms with E-state index >= 15 is 0 Å². The first kappa shape index (κ1) is 28.1. The van der Waals surface area contributed by atoms with Gasteiger partial charge in [0.05, 0.1) is 16.7 Å². The molecule has 0 aliphatic carbocycles. The molecule has 0 unspecified atom stereocenters. The lowest BCUT2D eigenvalue weighted by Crippen LogP contribution is -2.46. The normalized spacial score (nSPS) is 13.2. The summed E-state index contributed by atoms with van der Waals surface area (Å²) in [7, 11) is 0. The molecule has 15 heteroatoms. The van der Waals surface area contributed by atoms with Crippen molar-refractivity contribution < 1.29 is 44.1 Å². The molecule has 1 aromatic rings. The van der Waals surface area contributed by atoms with Gasteiger partial charge in [-0.15, -0.1) is 0 Å². The number of amides is 3. The van der Waals surface area contributed by atoms with Gasteiger partial charge in [-0.3, -0.25) is 14.4 Å². The highest BCUT2D eigenvalue weighted by Crippen LogP contribution is 2.17. The molecule has 180 valence electrons. The molecule has 1 aromatic carbocycles. The monoisotopic (exact) mass is 519 g/mol. The van der Waals surface area contributed by atoms with Crippen LogP contribution in [0.25, 0.3) is 0 Å². The summed E-state index contributed by atoms with van der Waals surface area (Å²) in [5.41, 5.74) is -1.49. The molecule has 33 heavy (non-hydrogen) atoms. The van der Waals surface area contributed by atoms with Crippen molar-refractivity contribution in [2.24, 2.45) is 0 Å². The molecule has 3 atom stereocenters. The van der Waals surface area contributed by atoms with Gasteiger partial charge in [0.1, 0.15) is 18.1 Å². The largest absolute Gasteiger partial charge is 0.480 e. The average Bonchev–Trinajstić information content (AvgIpc) is 2.77. The van der Waals surface area contributed by atoms with E-state index in [0.717, 1.165) is 12.1 Å². The minimum Gasteiger partial charge on any atom is -0.480 e. The summed E-state index contributed by atoms with van der Waals surface area (Å²) in [6.07, 6.45) is 0. The molecule has 0 bridgehead atoms. The van der Waals surface area contributed by atoms with Crippen molar-refractivity contribution in [1.29, 1.82) is 0 Å². The van der Waals surface area contributed by atoms with Gasteiger partial charge >= 0.3 is 17.9 Å². The van der Waals surface area contributed by atoms with Crippen LogP contribution >= 0.6 is 37.9 Å². The molecule has 0 aliphatic heterocycles. The molecule has 0 saturated heterocycles. The average molecular weight is 520 g/mol. The van der Waals surface area contributed by atoms with E-state index in [1.807, 2.05) is 0 Å². The Bertz CT molecular complexity index is 903. The van der Waals surface area contributed by atoms with Gasteiger partial charge in [0, 0.05) is 17.3 Å². The van der Waals surface area contributed by atoms with Crippen LogP contribution in [0.5, 0.6) is 0 Å². The second kappa shape index (κ2) is 13.0. The second-order valence-corrected chi connectivity index (χ2v) is 7.46. The third kappa shape index (κ3) is 7.57. The van der Waals surface area contributed by atoms with Crippen molar-refractivity contribution in [1.82, 2.24) is 16.0 Å². The molecule has 3 amide bonds. The molecule has 0 heterocycles. The van der Waals surface area contributed by atoms with Crippen LogP contribution in [0.15, 0.2) is 18.2 Å². The van der Waals surface area contributed by atoms with Gasteiger partial charge in [-0.25, -0.2) is 14.4 Å². The first-order valence-electron chi connectivity index (χ1n) is 9.05. The molecule has 0 fully saturated rings. The van der Waals surface area contributed by atoms with Crippen molar-refractivity contribution in [3.8, 4) is 0 Å². The second-order valence-electron chi connectivity index (χ2n) is 6.37. The Morgan fingerprint density at radius 2 is 0.939 bits per heavy atom. The number of rotatable bonds is 12. The Morgan fingerprint density at radius 3 is 1.21 bits per heavy atom. The van der Waals surface area contributed by atoms with E-state index in [1.165, 1.54) is 6.07 Å². The summed E-state index contributed by atoms with van der Waals surface area (Å²) in [5, 5.41) is 33.8. The summed E-state index contributed by atoms with van der Waals surface area (Å²) >= 11 is 11.5. The summed E-state index contributed by atoms with van der Waals surface area (Å²) < 4.78 is 0. The number of hydrogen-bond acceptors (Lipinski definition) is 9. The summed E-state index contributed by atoms with van der Waals surface area (Å²) in [6.45, 7) is 0. The van der Waals surface area contributed by atoms with E-state index in [1.54, 1.807) is 0 Å². The number of carboxylic acids is 3. The molecule has 0 spiro atoms. The van der Waals surface area contributed by atoms with E-state index in [-0.39, 0.29) is 17.3 Å². The molecule has 0 saturated carbocycles. The smallest absolute Gasteiger partial charge is 0.327 e. The van der Waals surface area contributed by atoms with Crippen LogP contribution in [0.1, 0.15) is 31.1 Å². The number of benzene rings is 1. The minimum atomic E-state index is -1.48. The molecule has 1 rings (SSSR count). The van der Waals surface area contributed by atoms with Crippen molar-refractivity contribution in [2.75, 3.05) is 17.3 Å². The summed E-state index contributed by atoms with van der Waals surface area (Å²) in [5.74, 6) is -8.41. The highest BCUT2D eigenvalue weighted by Gasteiger charge is 2.30. The van der Waals surface area contributed by atoms with Crippen LogP contribution in [0, 0.1) is 0 Å². The molecule has 0 radical (unpaired) electrons. The number of carboxylic acid groups (broad SMARTS) is 3. The Labute approximate surface area is 203 Å². The van der Waals surface area contributed by atoms with Crippen LogP contribution in [0.3, 0.4) is 0 Å². The zero-order valence-corrected chi connectivity index (χ0v) is 19.4. The van der Waals surface area contributed by atoms with Crippen molar-refractivity contribution in [2.45, 2.75) is 18.1 Å². The molecule has 12 nitrogen and oxygen atoms in total. The third-order valence-corrected chi connectivity index (χ3v) is 5.23. The highest BCUT2D eigenvalue weighted by molar-refractivity contribution is 7.80. The maximum Gasteiger partial charge on any atom is 0.327 e. The standard InChI is InChI=1S/C18H21N3O9S3/c22-13(19-9(4-31)16(25)26)7-2-1-3-8(14(23)20-10(5-32)17(27)28)12(7)15(24)21-11(6-33)18(29)30/h1-3,9-11,31-33H,4-6H2,(H,19,22)(H,20,23)(H,21,24)(H,25,26)(H,27,28)(H,29,30)/t9-,10-,11-/m0/s1. The Morgan fingerprint density at radius 1 is 0.636 bits per heavy atom. The van der Waals surface area contributed by atoms with Gasteiger partial charge in [-0.1, -0.05) is 6.07 Å². The number of carbonyl (C=O) groups is 6. The Hall–Kier alpha value is -2.91. The molecule has 0 aliphatic rings. The lowest BCUT2D eigenvalue weighted by atomic mass is 9.98. The van der Waals surface area contributed by atoms with Crippen LogP contribution in [-0.2, 0) is 14.4 Å². The molecule has 6 N–H and O–H groups in total. The zero-order valence-electron chi connectivity index (χ0n) is 16.7. The van der Waals surface area contributed by atoms with Crippen LogP contribution in [-0.4, -0.2) is 86.3 Å². The van der Waals surface area contributed by atoms with Crippen LogP contribution in [0.4, 0.5) is 0 Å². The number of carbonyl (C=O) groups excluding carboxylic acids is 3. The maximum atomic E-state index is 12.9. The van der Waals surface area contributed by atoms with Gasteiger partial charge in [0.15, 0.2) is 0 Å². The maximum absolute atomic E-state index is 12.9. The Kier molecular flexibility index (Phi) is 11.0. The van der Waals surface area contributed by atoms with E-state index in [0.29, 0.717) is 0 Å². The zero-order chi connectivity index (χ0) is 25.3. The first-order valence-corrected chi connectivity index (χ1v) is 10.9. The fraction of sp³-hybridized carbons (Fsp3) is 0.333. The van der Waals surface area contributed by atoms with E-state index in [2.05, 4.69) is 53.8 Å². The molecular weight excluding hydrogens is 498 g/mol. The van der Waals surface area contributed by atoms with Crippen LogP contribution in [0.2, 0.25) is 0 Å². The highest BCUT2D eigenvalue weighted by atomic mass is 32.1. The van der Waals surface area contributed by atoms with Crippen molar-refractivity contribution in [3.63, 3.8) is 0 Å². The quantitative estimate of drug-likeness (QED) is 0.156. The topological polar surface area (TPSA) is 199 Å². The number of hydrogen-bond donors (Lipinski definition) is 9. The van der Waals surface area contributed by atoms with Gasteiger partial charge in [0.25, 0.3) is 17.7 Å². The van der Waals surface area contributed by atoms with Crippen molar-refractivity contribution in [3.05, 3.63) is 34.9 Å². The van der Waals surface area contributed by atoms with E-state index in [4.69, 9.17) is 10.2 Å². The van der Waals surface area contributed by atoms with Crippen molar-refractivity contribution >= 4 is 73.5 Å². The minimum absolute atomic E-state index is 0.286. The predicted molar refractivity (Wildman–Crippen MR) is 125 cm³/mol. The van der Waals surface area contributed by atoms with Gasteiger partial charge < -0.3 is 31.3 Å². The fourth-order valence-electron chi connectivity index (χ4n) is 2.43. The fourth-order valence-corrected chi connectivity index (χ4v) is 3.18. The molecule has 0 aromatic heterocycles. The number of nitrogens with one attached hydrogen (secondary N) is 3. The van der Waals surface area contributed by atoms with Gasteiger partial charge in [-0.2, -0.15) is 37.9 Å². The SMILES string of the molecule is O=C(N[C@@H](CS)C(=O)O)c1cccc(C(=O)N[C@@H](CS)C(=O)O)c1C(=O)N[C@@H](CS)C(=O)O. The van der Waals surface area contributed by atoms with Gasteiger partial charge in [0.2, 0.25) is 0 Å². The molecular formula is C18H21N3O9S3. The first-order chi connectivity index (χ1) is 15.5. The summed E-state index contributed by atoms with van der Waals surface area (Å²) in [6, 6.07) is -0.912. The summed E-state index contributed by atoms with van der Waals surface area (Å²) in [4.78, 5) is 72.1. The predicted octanol–water partition coefficient (Wildman–Crippen LogP) is -0.975. The lowest BCUT2D eigenvalue weighted by molar-refractivity contribution is -0.139. The number of aliphatic carboxylic acids is 3. The van der Waals surface area contributed by atoms with Crippen LogP contribution < -0.4 is 16.0 Å². The number of thiol groups is 3.